The third-order valence-corrected chi connectivity index (χ3v) is 2.85. The third kappa shape index (κ3) is 3.51. The molecule has 0 aliphatic carbocycles. The molecule has 2 N–H and O–H groups in total. The molecule has 2 rings (SSSR count). The van der Waals surface area contributed by atoms with Crippen LogP contribution in [0.15, 0.2) is 48.5 Å². The number of phenols is 1. The van der Waals surface area contributed by atoms with E-state index in [4.69, 9.17) is 4.74 Å². The first-order valence-corrected chi connectivity index (χ1v) is 6.48. The fourth-order valence-electron chi connectivity index (χ4n) is 1.83. The van der Waals surface area contributed by atoms with E-state index in [1.807, 2.05) is 18.2 Å². The summed E-state index contributed by atoms with van der Waals surface area (Å²) in [6.07, 6.45) is 0. The van der Waals surface area contributed by atoms with Crippen LogP contribution >= 0.6 is 0 Å². The number of hydrogen-bond donors (Lipinski definition) is 2. The van der Waals surface area contributed by atoms with Crippen LogP contribution < -0.4 is 5.32 Å². The number of carbonyl (C=O) groups excluding carboxylic acids is 1. The first-order chi connectivity index (χ1) is 9.70. The van der Waals surface area contributed by atoms with Gasteiger partial charge in [-0.1, -0.05) is 24.3 Å². The number of nitrogens with one attached hydrogen (secondary N) is 1. The van der Waals surface area contributed by atoms with Crippen molar-refractivity contribution < 1.29 is 14.6 Å². The van der Waals surface area contributed by atoms with Crippen molar-refractivity contribution in [3.05, 3.63) is 59.7 Å². The SMILES string of the molecule is CCOC(=O)c1cccc(NCc2ccccc2O)c1. The number of hydrogen-bond acceptors (Lipinski definition) is 4. The molecule has 2 aromatic rings. The first-order valence-electron chi connectivity index (χ1n) is 6.48. The minimum atomic E-state index is -0.335. The highest BCUT2D eigenvalue weighted by Gasteiger charge is 2.07. The van der Waals surface area contributed by atoms with E-state index in [1.54, 1.807) is 37.3 Å². The van der Waals surface area contributed by atoms with Crippen LogP contribution in [0.4, 0.5) is 5.69 Å². The molecule has 4 heteroatoms. The van der Waals surface area contributed by atoms with Crippen LogP contribution in [0, 0.1) is 0 Å². The molecule has 20 heavy (non-hydrogen) atoms. The van der Waals surface area contributed by atoms with Gasteiger partial charge in [-0.2, -0.15) is 0 Å². The van der Waals surface area contributed by atoms with Crippen molar-refractivity contribution in [3.8, 4) is 5.75 Å². The minimum absolute atomic E-state index is 0.251. The Morgan fingerprint density at radius 1 is 1.20 bits per heavy atom. The fraction of sp³-hybridized carbons (Fsp3) is 0.188. The average molecular weight is 271 g/mol. The quantitative estimate of drug-likeness (QED) is 0.820. The molecule has 0 saturated carbocycles. The van der Waals surface area contributed by atoms with Crippen LogP contribution in [0.5, 0.6) is 5.75 Å². The molecule has 2 aromatic carbocycles. The topological polar surface area (TPSA) is 58.6 Å². The van der Waals surface area contributed by atoms with Crippen LogP contribution in [0.2, 0.25) is 0 Å². The van der Waals surface area contributed by atoms with E-state index < -0.39 is 0 Å². The molecule has 0 bridgehead atoms. The Morgan fingerprint density at radius 2 is 2.00 bits per heavy atom. The van der Waals surface area contributed by atoms with Gasteiger partial charge < -0.3 is 15.2 Å². The van der Waals surface area contributed by atoms with Crippen molar-refractivity contribution >= 4 is 11.7 Å². The van der Waals surface area contributed by atoms with Gasteiger partial charge in [0.15, 0.2) is 0 Å². The first kappa shape index (κ1) is 13.9. The van der Waals surface area contributed by atoms with E-state index in [2.05, 4.69) is 5.32 Å². The zero-order chi connectivity index (χ0) is 14.4. The van der Waals surface area contributed by atoms with Crippen LogP contribution in [0.3, 0.4) is 0 Å². The molecule has 0 amide bonds. The summed E-state index contributed by atoms with van der Waals surface area (Å²) in [4.78, 5) is 11.6. The number of anilines is 1. The molecule has 0 fully saturated rings. The van der Waals surface area contributed by atoms with Gasteiger partial charge in [0.05, 0.1) is 12.2 Å². The van der Waals surface area contributed by atoms with Gasteiger partial charge in [-0.3, -0.25) is 0 Å². The molecule has 104 valence electrons. The van der Waals surface area contributed by atoms with Gasteiger partial charge in [0.25, 0.3) is 0 Å². The number of rotatable bonds is 5. The van der Waals surface area contributed by atoms with E-state index >= 15 is 0 Å². The van der Waals surface area contributed by atoms with E-state index in [0.717, 1.165) is 11.3 Å². The predicted octanol–water partition coefficient (Wildman–Crippen LogP) is 3.18. The number of aromatic hydroxyl groups is 1. The second-order valence-electron chi connectivity index (χ2n) is 4.28. The molecule has 0 aliphatic rings. The van der Waals surface area contributed by atoms with Crippen molar-refractivity contribution in [2.24, 2.45) is 0 Å². The molecule has 0 radical (unpaired) electrons. The molecular formula is C16H17NO3. The smallest absolute Gasteiger partial charge is 0.338 e. The van der Waals surface area contributed by atoms with Gasteiger partial charge in [0.1, 0.15) is 5.75 Å². The van der Waals surface area contributed by atoms with E-state index in [1.165, 1.54) is 0 Å². The summed E-state index contributed by atoms with van der Waals surface area (Å²) in [5, 5.41) is 12.9. The normalized spacial score (nSPS) is 10.1. The molecule has 0 unspecified atom stereocenters. The van der Waals surface area contributed by atoms with Gasteiger partial charge >= 0.3 is 5.97 Å². The van der Waals surface area contributed by atoms with Crippen LogP contribution in [0.1, 0.15) is 22.8 Å². The highest BCUT2D eigenvalue weighted by Crippen LogP contribution is 2.18. The Balaban J connectivity index is 2.05. The number of carbonyl (C=O) groups is 1. The molecule has 0 spiro atoms. The maximum absolute atomic E-state index is 11.6. The largest absolute Gasteiger partial charge is 0.508 e. The van der Waals surface area contributed by atoms with Crippen LogP contribution in [0.25, 0.3) is 0 Å². The number of esters is 1. The number of ether oxygens (including phenoxy) is 1. The number of phenolic OH excluding ortho intramolecular Hbond substituents is 1. The zero-order valence-electron chi connectivity index (χ0n) is 11.3. The highest BCUT2D eigenvalue weighted by atomic mass is 16.5. The lowest BCUT2D eigenvalue weighted by atomic mass is 10.1. The van der Waals surface area contributed by atoms with Crippen LogP contribution in [-0.4, -0.2) is 17.7 Å². The van der Waals surface area contributed by atoms with Gasteiger partial charge in [0, 0.05) is 17.8 Å². The molecule has 0 atom stereocenters. The standard InChI is InChI=1S/C16H17NO3/c1-2-20-16(19)12-7-5-8-14(10-12)17-11-13-6-3-4-9-15(13)18/h3-10,17-18H,2,11H2,1H3. The Morgan fingerprint density at radius 3 is 2.75 bits per heavy atom. The Labute approximate surface area is 118 Å². The molecule has 0 aliphatic heterocycles. The Bertz CT molecular complexity index is 596. The second-order valence-corrected chi connectivity index (χ2v) is 4.28. The van der Waals surface area contributed by atoms with Crippen molar-refractivity contribution in [1.29, 1.82) is 0 Å². The summed E-state index contributed by atoms with van der Waals surface area (Å²) >= 11 is 0. The number of para-hydroxylation sites is 1. The van der Waals surface area contributed by atoms with Gasteiger partial charge in [0.2, 0.25) is 0 Å². The van der Waals surface area contributed by atoms with E-state index in [0.29, 0.717) is 18.7 Å². The molecule has 0 aromatic heterocycles. The van der Waals surface area contributed by atoms with Gasteiger partial charge in [-0.25, -0.2) is 4.79 Å². The molecule has 0 saturated heterocycles. The van der Waals surface area contributed by atoms with Crippen LogP contribution in [-0.2, 0) is 11.3 Å². The molecular weight excluding hydrogens is 254 g/mol. The lowest BCUT2D eigenvalue weighted by Crippen LogP contribution is -2.06. The average Bonchev–Trinajstić information content (AvgIpc) is 2.47. The highest BCUT2D eigenvalue weighted by molar-refractivity contribution is 5.90. The summed E-state index contributed by atoms with van der Waals surface area (Å²) in [7, 11) is 0. The molecule has 0 heterocycles. The maximum Gasteiger partial charge on any atom is 0.338 e. The zero-order valence-corrected chi connectivity index (χ0v) is 11.3. The van der Waals surface area contributed by atoms with E-state index in [9.17, 15) is 9.90 Å². The summed E-state index contributed by atoms with van der Waals surface area (Å²) < 4.78 is 4.96. The lowest BCUT2D eigenvalue weighted by molar-refractivity contribution is 0.0526. The van der Waals surface area contributed by atoms with Crippen molar-refractivity contribution in [2.75, 3.05) is 11.9 Å². The summed E-state index contributed by atoms with van der Waals surface area (Å²) in [6, 6.07) is 14.2. The van der Waals surface area contributed by atoms with Gasteiger partial charge in [-0.15, -0.1) is 0 Å². The van der Waals surface area contributed by atoms with Crippen molar-refractivity contribution in [1.82, 2.24) is 0 Å². The van der Waals surface area contributed by atoms with Crippen molar-refractivity contribution in [2.45, 2.75) is 13.5 Å². The lowest BCUT2D eigenvalue weighted by Gasteiger charge is -2.09. The summed E-state index contributed by atoms with van der Waals surface area (Å²) in [5.74, 6) is -0.0831. The predicted molar refractivity (Wildman–Crippen MR) is 77.8 cm³/mol. The summed E-state index contributed by atoms with van der Waals surface area (Å²) in [5.41, 5.74) is 2.11. The minimum Gasteiger partial charge on any atom is -0.508 e. The second kappa shape index (κ2) is 6.61. The van der Waals surface area contributed by atoms with Gasteiger partial charge in [-0.05, 0) is 31.2 Å². The third-order valence-electron chi connectivity index (χ3n) is 2.85. The summed E-state index contributed by atoms with van der Waals surface area (Å²) in [6.45, 7) is 2.62. The van der Waals surface area contributed by atoms with E-state index in [-0.39, 0.29) is 11.7 Å². The monoisotopic (exact) mass is 271 g/mol. The fourth-order valence-corrected chi connectivity index (χ4v) is 1.83. The Hall–Kier alpha value is -2.49. The van der Waals surface area contributed by atoms with Crippen molar-refractivity contribution in [3.63, 3.8) is 0 Å². The number of benzene rings is 2. The molecule has 4 nitrogen and oxygen atoms in total. The Kier molecular flexibility index (Phi) is 4.60. The maximum atomic E-state index is 11.6.